The molecule has 130 valence electrons. The van der Waals surface area contributed by atoms with E-state index in [1.54, 1.807) is 18.2 Å². The molecule has 0 unspecified atom stereocenters. The van der Waals surface area contributed by atoms with Crippen LogP contribution in [0.15, 0.2) is 66.7 Å². The zero-order chi connectivity index (χ0) is 18.1. The maximum atomic E-state index is 14.8. The van der Waals surface area contributed by atoms with Crippen molar-refractivity contribution in [2.75, 3.05) is 0 Å². The normalized spacial score (nSPS) is 11.3. The molecule has 0 atom stereocenters. The summed E-state index contributed by atoms with van der Waals surface area (Å²) in [5.74, 6) is -0.605. The zero-order valence-corrected chi connectivity index (χ0v) is 14.7. The van der Waals surface area contributed by atoms with E-state index in [4.69, 9.17) is 0 Å². The SMILES string of the molecule is CCCCc1ccc2c(ccc3cc(-c4ccc(F)cc4)c(F)cc32)c1. The van der Waals surface area contributed by atoms with Gasteiger partial charge in [0.2, 0.25) is 0 Å². The first-order valence-corrected chi connectivity index (χ1v) is 9.06. The van der Waals surface area contributed by atoms with E-state index in [-0.39, 0.29) is 11.6 Å². The number of hydrogen-bond donors (Lipinski definition) is 0. The molecular formula is C24H20F2. The standard InChI is InChI=1S/C24H20F2/c1-2-3-4-16-5-12-21-18(13-16)6-7-19-14-23(24(26)15-22(19)21)17-8-10-20(25)11-9-17/h5-15H,2-4H2,1H3. The lowest BCUT2D eigenvalue weighted by atomic mass is 9.95. The molecule has 4 rings (SSSR count). The van der Waals surface area contributed by atoms with Crippen molar-refractivity contribution in [1.82, 2.24) is 0 Å². The highest BCUT2D eigenvalue weighted by Gasteiger charge is 2.10. The van der Waals surface area contributed by atoms with Gasteiger partial charge < -0.3 is 0 Å². The van der Waals surface area contributed by atoms with E-state index in [1.165, 1.54) is 30.5 Å². The fourth-order valence-electron chi connectivity index (χ4n) is 3.52. The van der Waals surface area contributed by atoms with Crippen LogP contribution in [0.25, 0.3) is 32.7 Å². The van der Waals surface area contributed by atoms with E-state index in [0.29, 0.717) is 11.1 Å². The summed E-state index contributed by atoms with van der Waals surface area (Å²) in [6.45, 7) is 2.19. The first-order chi connectivity index (χ1) is 12.7. The minimum atomic E-state index is -0.320. The smallest absolute Gasteiger partial charge is 0.131 e. The second-order valence-corrected chi connectivity index (χ2v) is 6.78. The van der Waals surface area contributed by atoms with Crippen LogP contribution in [0, 0.1) is 11.6 Å². The van der Waals surface area contributed by atoms with Gasteiger partial charge in [-0.3, -0.25) is 0 Å². The van der Waals surface area contributed by atoms with E-state index in [0.717, 1.165) is 28.0 Å². The molecule has 26 heavy (non-hydrogen) atoms. The second-order valence-electron chi connectivity index (χ2n) is 6.78. The molecule has 0 aliphatic heterocycles. The van der Waals surface area contributed by atoms with Gasteiger partial charge in [0.05, 0.1) is 0 Å². The van der Waals surface area contributed by atoms with Gasteiger partial charge >= 0.3 is 0 Å². The molecular weight excluding hydrogens is 326 g/mol. The maximum Gasteiger partial charge on any atom is 0.131 e. The van der Waals surface area contributed by atoms with Gasteiger partial charge in [-0.15, -0.1) is 0 Å². The Morgan fingerprint density at radius 2 is 1.46 bits per heavy atom. The molecule has 4 aromatic carbocycles. The largest absolute Gasteiger partial charge is 0.207 e. The average molecular weight is 346 g/mol. The van der Waals surface area contributed by atoms with Crippen molar-refractivity contribution in [3.8, 4) is 11.1 Å². The highest BCUT2D eigenvalue weighted by molar-refractivity contribution is 6.08. The predicted molar refractivity (Wildman–Crippen MR) is 105 cm³/mol. The highest BCUT2D eigenvalue weighted by atomic mass is 19.1. The molecule has 0 aliphatic carbocycles. The monoisotopic (exact) mass is 346 g/mol. The first-order valence-electron chi connectivity index (χ1n) is 9.06. The molecule has 0 spiro atoms. The van der Waals surface area contributed by atoms with Crippen LogP contribution in [0.3, 0.4) is 0 Å². The van der Waals surface area contributed by atoms with Gasteiger partial charge in [0, 0.05) is 5.56 Å². The Kier molecular flexibility index (Phi) is 4.42. The third-order valence-electron chi connectivity index (χ3n) is 4.96. The molecule has 0 N–H and O–H groups in total. The molecule has 2 heteroatoms. The summed E-state index contributed by atoms with van der Waals surface area (Å²) in [6, 6.07) is 20.0. The molecule has 0 fully saturated rings. The summed E-state index contributed by atoms with van der Waals surface area (Å²) in [5, 5.41) is 4.10. The highest BCUT2D eigenvalue weighted by Crippen LogP contribution is 2.32. The fourth-order valence-corrected chi connectivity index (χ4v) is 3.52. The Hall–Kier alpha value is -2.74. The van der Waals surface area contributed by atoms with Crippen LogP contribution in [0.4, 0.5) is 8.78 Å². The summed E-state index contributed by atoms with van der Waals surface area (Å²) in [4.78, 5) is 0. The van der Waals surface area contributed by atoms with Crippen molar-refractivity contribution in [2.45, 2.75) is 26.2 Å². The third kappa shape index (κ3) is 3.08. The Bertz CT molecular complexity index is 1080. The lowest BCUT2D eigenvalue weighted by molar-refractivity contribution is 0.626. The van der Waals surface area contributed by atoms with Crippen LogP contribution < -0.4 is 0 Å². The molecule has 0 nitrogen and oxygen atoms in total. The Morgan fingerprint density at radius 1 is 0.731 bits per heavy atom. The average Bonchev–Trinajstić information content (AvgIpc) is 2.66. The molecule has 0 saturated heterocycles. The van der Waals surface area contributed by atoms with Crippen LogP contribution in [0.1, 0.15) is 25.3 Å². The Labute approximate surface area is 152 Å². The molecule has 0 saturated carbocycles. The Morgan fingerprint density at radius 3 is 2.19 bits per heavy atom. The number of hydrogen-bond acceptors (Lipinski definition) is 0. The number of benzene rings is 4. The summed E-state index contributed by atoms with van der Waals surface area (Å²) >= 11 is 0. The van der Waals surface area contributed by atoms with E-state index < -0.39 is 0 Å². The summed E-state index contributed by atoms with van der Waals surface area (Å²) in [5.41, 5.74) is 2.50. The van der Waals surface area contributed by atoms with E-state index in [9.17, 15) is 8.78 Å². The van der Waals surface area contributed by atoms with Gasteiger partial charge in [0.15, 0.2) is 0 Å². The predicted octanol–water partition coefficient (Wildman–Crippen LogP) is 7.28. The number of aryl methyl sites for hydroxylation is 1. The van der Waals surface area contributed by atoms with Crippen LogP contribution in [-0.2, 0) is 6.42 Å². The van der Waals surface area contributed by atoms with Gasteiger partial charge in [-0.1, -0.05) is 55.8 Å². The molecule has 0 aliphatic rings. The lowest BCUT2D eigenvalue weighted by Gasteiger charge is -2.10. The number of rotatable bonds is 4. The maximum absolute atomic E-state index is 14.8. The molecule has 0 bridgehead atoms. The summed E-state index contributed by atoms with van der Waals surface area (Å²) in [6.07, 6.45) is 3.42. The minimum Gasteiger partial charge on any atom is -0.207 e. The molecule has 0 heterocycles. The minimum absolute atomic E-state index is 0.285. The third-order valence-corrected chi connectivity index (χ3v) is 4.96. The number of fused-ring (bicyclic) bond motifs is 3. The van der Waals surface area contributed by atoms with Crippen LogP contribution >= 0.6 is 0 Å². The Balaban J connectivity index is 1.84. The lowest BCUT2D eigenvalue weighted by Crippen LogP contribution is -1.89. The quantitative estimate of drug-likeness (QED) is 0.341. The fraction of sp³-hybridized carbons (Fsp3) is 0.167. The zero-order valence-electron chi connectivity index (χ0n) is 14.7. The molecule has 0 amide bonds. The van der Waals surface area contributed by atoms with Gasteiger partial charge in [0.1, 0.15) is 11.6 Å². The van der Waals surface area contributed by atoms with Crippen molar-refractivity contribution in [1.29, 1.82) is 0 Å². The van der Waals surface area contributed by atoms with Crippen molar-refractivity contribution >= 4 is 21.5 Å². The first kappa shape index (κ1) is 16.7. The van der Waals surface area contributed by atoms with Gasteiger partial charge in [-0.05, 0) is 69.8 Å². The van der Waals surface area contributed by atoms with Crippen molar-refractivity contribution in [3.05, 3.63) is 83.9 Å². The van der Waals surface area contributed by atoms with Gasteiger partial charge in [-0.2, -0.15) is 0 Å². The van der Waals surface area contributed by atoms with Crippen LogP contribution in [0.5, 0.6) is 0 Å². The van der Waals surface area contributed by atoms with E-state index in [1.807, 2.05) is 12.1 Å². The molecule has 0 radical (unpaired) electrons. The number of halogens is 2. The summed E-state index contributed by atoms with van der Waals surface area (Å²) < 4.78 is 27.9. The van der Waals surface area contributed by atoms with E-state index in [2.05, 4.69) is 31.2 Å². The second kappa shape index (κ2) is 6.87. The topological polar surface area (TPSA) is 0 Å². The van der Waals surface area contributed by atoms with Gasteiger partial charge in [0.25, 0.3) is 0 Å². The molecule has 4 aromatic rings. The van der Waals surface area contributed by atoms with E-state index >= 15 is 0 Å². The molecule has 0 aromatic heterocycles. The van der Waals surface area contributed by atoms with Crippen LogP contribution in [0.2, 0.25) is 0 Å². The van der Waals surface area contributed by atoms with Gasteiger partial charge in [-0.25, -0.2) is 8.78 Å². The number of unbranched alkanes of at least 4 members (excludes halogenated alkanes) is 1. The van der Waals surface area contributed by atoms with Crippen LogP contribution in [-0.4, -0.2) is 0 Å². The van der Waals surface area contributed by atoms with Crippen molar-refractivity contribution in [2.24, 2.45) is 0 Å². The van der Waals surface area contributed by atoms with Crippen molar-refractivity contribution < 1.29 is 8.78 Å². The summed E-state index contributed by atoms with van der Waals surface area (Å²) in [7, 11) is 0. The van der Waals surface area contributed by atoms with Crippen molar-refractivity contribution in [3.63, 3.8) is 0 Å².